The predicted octanol–water partition coefficient (Wildman–Crippen LogP) is 3.06. The van der Waals surface area contributed by atoms with Crippen LogP contribution in [0.3, 0.4) is 0 Å². The number of rotatable bonds is 5. The highest BCUT2D eigenvalue weighted by Gasteiger charge is 2.19. The molecule has 22 heavy (non-hydrogen) atoms. The molecule has 0 atom stereocenters. The number of fused-ring (bicyclic) bond motifs is 1. The maximum absolute atomic E-state index is 11.2. The molecule has 122 valence electrons. The summed E-state index contributed by atoms with van der Waals surface area (Å²) in [6.45, 7) is 0.688. The quantitative estimate of drug-likeness (QED) is 0.851. The third-order valence-electron chi connectivity index (χ3n) is 3.50. The van der Waals surface area contributed by atoms with Crippen molar-refractivity contribution in [1.82, 2.24) is 9.47 Å². The molecule has 7 heteroatoms. The predicted molar refractivity (Wildman–Crippen MR) is 93.1 cm³/mol. The van der Waals surface area contributed by atoms with E-state index in [0.29, 0.717) is 12.3 Å². The highest BCUT2D eigenvalue weighted by atomic mass is 79.9. The molecule has 0 aliphatic rings. The number of carboxylic acids is 1. The van der Waals surface area contributed by atoms with E-state index >= 15 is 0 Å². The van der Waals surface area contributed by atoms with Gasteiger partial charge in [0.15, 0.2) is 0 Å². The van der Waals surface area contributed by atoms with Crippen LogP contribution in [0.4, 0.5) is 0 Å². The summed E-state index contributed by atoms with van der Waals surface area (Å²) in [5, 5.41) is 10.1. The van der Waals surface area contributed by atoms with Crippen LogP contribution in [0, 0.1) is 0 Å². The highest BCUT2D eigenvalue weighted by Crippen LogP contribution is 2.35. The average Bonchev–Trinajstić information content (AvgIpc) is 2.62. The number of carboxylic acid groups (broad SMARTS) is 1. The minimum absolute atomic E-state index is 0. The van der Waals surface area contributed by atoms with Gasteiger partial charge in [-0.1, -0.05) is 0 Å². The topological polar surface area (TPSA) is 54.7 Å². The Kier molecular flexibility index (Phi) is 6.28. The van der Waals surface area contributed by atoms with Gasteiger partial charge in [-0.3, -0.25) is 4.79 Å². The molecule has 0 fully saturated rings. The Morgan fingerprint density at radius 1 is 1.41 bits per heavy atom. The number of hydrogen-bond donors (Lipinski definition) is 1. The summed E-state index contributed by atoms with van der Waals surface area (Å²) in [5.74, 6) is -0.125. The lowest BCUT2D eigenvalue weighted by Gasteiger charge is -2.12. The first-order valence-corrected chi connectivity index (χ1v) is 7.34. The van der Waals surface area contributed by atoms with Crippen LogP contribution in [0.1, 0.15) is 11.3 Å². The second-order valence-electron chi connectivity index (χ2n) is 5.30. The van der Waals surface area contributed by atoms with Crippen molar-refractivity contribution >= 4 is 45.2 Å². The number of benzene rings is 1. The Bertz CT molecular complexity index is 698. The number of hydrogen-bond acceptors (Lipinski definition) is 3. The monoisotopic (exact) mass is 390 g/mol. The molecule has 0 aliphatic carbocycles. The summed E-state index contributed by atoms with van der Waals surface area (Å²) >= 11 is 3.48. The van der Waals surface area contributed by atoms with Crippen molar-refractivity contribution in [3.8, 4) is 5.75 Å². The molecule has 0 bridgehead atoms. The normalized spacial score (nSPS) is 10.8. The van der Waals surface area contributed by atoms with Gasteiger partial charge >= 0.3 is 5.97 Å². The first-order valence-electron chi connectivity index (χ1n) is 6.55. The lowest BCUT2D eigenvalue weighted by molar-refractivity contribution is -0.136. The minimum Gasteiger partial charge on any atom is -0.496 e. The molecule has 1 aromatic carbocycles. The second-order valence-corrected chi connectivity index (χ2v) is 6.15. The number of aryl methyl sites for hydroxylation is 1. The molecule has 0 spiro atoms. The van der Waals surface area contributed by atoms with Gasteiger partial charge in [-0.15, -0.1) is 12.4 Å². The van der Waals surface area contributed by atoms with Crippen molar-refractivity contribution in [3.05, 3.63) is 27.9 Å². The Morgan fingerprint density at radius 2 is 2.05 bits per heavy atom. The summed E-state index contributed by atoms with van der Waals surface area (Å²) in [7, 11) is 7.51. The van der Waals surface area contributed by atoms with Crippen LogP contribution in [0.15, 0.2) is 16.6 Å². The third-order valence-corrected chi connectivity index (χ3v) is 4.12. The molecule has 1 heterocycles. The molecule has 0 amide bonds. The van der Waals surface area contributed by atoms with Crippen LogP contribution in [-0.2, 0) is 24.8 Å². The van der Waals surface area contributed by atoms with E-state index in [0.717, 1.165) is 26.6 Å². The van der Waals surface area contributed by atoms with Crippen LogP contribution >= 0.6 is 28.3 Å². The summed E-state index contributed by atoms with van der Waals surface area (Å²) in [4.78, 5) is 13.3. The maximum atomic E-state index is 11.2. The van der Waals surface area contributed by atoms with Gasteiger partial charge < -0.3 is 19.3 Å². The number of aromatic nitrogens is 1. The van der Waals surface area contributed by atoms with Crippen LogP contribution in [0.5, 0.6) is 5.75 Å². The van der Waals surface area contributed by atoms with E-state index in [9.17, 15) is 9.90 Å². The lowest BCUT2D eigenvalue weighted by Crippen LogP contribution is -2.15. The Labute approximate surface area is 144 Å². The van der Waals surface area contributed by atoms with Gasteiger partial charge in [0.2, 0.25) is 0 Å². The fourth-order valence-corrected chi connectivity index (χ4v) is 3.06. The number of ether oxygens (including phenoxy) is 1. The molecular weight excluding hydrogens is 372 g/mol. The van der Waals surface area contributed by atoms with Crippen LogP contribution in [-0.4, -0.2) is 41.7 Å². The van der Waals surface area contributed by atoms with Gasteiger partial charge in [-0.05, 0) is 47.7 Å². The van der Waals surface area contributed by atoms with E-state index in [1.165, 1.54) is 0 Å². The van der Waals surface area contributed by atoms with Crippen LogP contribution in [0.25, 0.3) is 10.9 Å². The number of carbonyl (C=O) groups is 1. The van der Waals surface area contributed by atoms with Gasteiger partial charge in [-0.2, -0.15) is 0 Å². The SMILES string of the molecule is COc1cc2c(CC(=O)O)c(CN(C)C)n(C)c2cc1Br.Cl. The summed E-state index contributed by atoms with van der Waals surface area (Å²) in [6, 6.07) is 3.87. The average molecular weight is 392 g/mol. The zero-order valence-electron chi connectivity index (χ0n) is 13.0. The molecule has 0 unspecified atom stereocenters. The Balaban J connectivity index is 0.00000242. The number of halogens is 2. The zero-order valence-corrected chi connectivity index (χ0v) is 15.4. The minimum atomic E-state index is -0.829. The van der Waals surface area contributed by atoms with E-state index in [1.54, 1.807) is 7.11 Å². The van der Waals surface area contributed by atoms with Crippen molar-refractivity contribution < 1.29 is 14.6 Å². The molecule has 1 aromatic heterocycles. The van der Waals surface area contributed by atoms with E-state index < -0.39 is 5.97 Å². The maximum Gasteiger partial charge on any atom is 0.307 e. The van der Waals surface area contributed by atoms with Crippen LogP contribution < -0.4 is 4.74 Å². The molecule has 2 aromatic rings. The van der Waals surface area contributed by atoms with Crippen molar-refractivity contribution in [2.24, 2.45) is 7.05 Å². The van der Waals surface area contributed by atoms with Gasteiger partial charge in [0.05, 0.1) is 18.0 Å². The van der Waals surface area contributed by atoms with Crippen molar-refractivity contribution in [2.75, 3.05) is 21.2 Å². The number of aliphatic carboxylic acids is 1. The van der Waals surface area contributed by atoms with Crippen molar-refractivity contribution in [2.45, 2.75) is 13.0 Å². The number of nitrogens with zero attached hydrogens (tertiary/aromatic N) is 2. The Hall–Kier alpha value is -1.24. The van der Waals surface area contributed by atoms with Gasteiger partial charge in [-0.25, -0.2) is 0 Å². The fraction of sp³-hybridized carbons (Fsp3) is 0.400. The molecule has 1 N–H and O–H groups in total. The number of methoxy groups -OCH3 is 1. The molecule has 0 saturated heterocycles. The third kappa shape index (κ3) is 3.56. The smallest absolute Gasteiger partial charge is 0.307 e. The van der Waals surface area contributed by atoms with Gasteiger partial charge in [0.1, 0.15) is 5.75 Å². The first kappa shape index (κ1) is 18.8. The summed E-state index contributed by atoms with van der Waals surface area (Å²) in [5.41, 5.74) is 2.85. The van der Waals surface area contributed by atoms with Crippen molar-refractivity contribution in [3.63, 3.8) is 0 Å². The largest absolute Gasteiger partial charge is 0.496 e. The van der Waals surface area contributed by atoms with E-state index in [2.05, 4.69) is 20.5 Å². The molecular formula is C15H20BrClN2O3. The first-order chi connectivity index (χ1) is 9.85. The molecule has 0 radical (unpaired) electrons. The van der Waals surface area contributed by atoms with Crippen LogP contribution in [0.2, 0.25) is 0 Å². The molecule has 2 rings (SSSR count). The van der Waals surface area contributed by atoms with Crippen molar-refractivity contribution in [1.29, 1.82) is 0 Å². The fourth-order valence-electron chi connectivity index (χ4n) is 2.57. The van der Waals surface area contributed by atoms with E-state index in [4.69, 9.17) is 4.74 Å². The molecule has 5 nitrogen and oxygen atoms in total. The van der Waals surface area contributed by atoms with E-state index in [-0.39, 0.29) is 18.8 Å². The molecule has 0 saturated carbocycles. The van der Waals surface area contributed by atoms with Gasteiger partial charge in [0.25, 0.3) is 0 Å². The lowest BCUT2D eigenvalue weighted by atomic mass is 10.1. The van der Waals surface area contributed by atoms with Gasteiger partial charge in [0, 0.05) is 30.2 Å². The summed E-state index contributed by atoms with van der Waals surface area (Å²) in [6.07, 6.45) is 0.00526. The highest BCUT2D eigenvalue weighted by molar-refractivity contribution is 9.10. The molecule has 0 aliphatic heterocycles. The Morgan fingerprint density at radius 3 is 2.55 bits per heavy atom. The van der Waals surface area contributed by atoms with E-state index in [1.807, 2.05) is 38.2 Å². The zero-order chi connectivity index (χ0) is 15.7. The summed E-state index contributed by atoms with van der Waals surface area (Å²) < 4.78 is 8.24. The second kappa shape index (κ2) is 7.35. The standard InChI is InChI=1S/C15H19BrN2O3.ClH/c1-17(2)8-13-10(6-15(19)20)9-5-14(21-4)11(16)7-12(9)18(13)3;/h5,7H,6,8H2,1-4H3,(H,19,20);1H.